The highest BCUT2D eigenvalue weighted by molar-refractivity contribution is 5.60. The second kappa shape index (κ2) is 7.80. The minimum Gasteiger partial charge on any atom is -0.473 e. The molecule has 0 spiro atoms. The predicted molar refractivity (Wildman–Crippen MR) is 114 cm³/mol. The quantitative estimate of drug-likeness (QED) is 0.651. The summed E-state index contributed by atoms with van der Waals surface area (Å²) in [5.74, 6) is 2.01. The Bertz CT molecular complexity index is 1020. The van der Waals surface area contributed by atoms with Crippen LogP contribution in [0.3, 0.4) is 0 Å². The summed E-state index contributed by atoms with van der Waals surface area (Å²) in [7, 11) is 1.91. The van der Waals surface area contributed by atoms with E-state index in [4.69, 9.17) is 4.74 Å². The molecule has 30 heavy (non-hydrogen) atoms. The number of aryl methyl sites for hydroxylation is 3. The van der Waals surface area contributed by atoms with Crippen molar-refractivity contribution < 1.29 is 4.74 Å². The smallest absolute Gasteiger partial charge is 0.233 e. The third-order valence-corrected chi connectivity index (χ3v) is 6.49. The van der Waals surface area contributed by atoms with Gasteiger partial charge in [0.25, 0.3) is 0 Å². The van der Waals surface area contributed by atoms with Crippen molar-refractivity contribution in [1.29, 1.82) is 0 Å². The van der Waals surface area contributed by atoms with Gasteiger partial charge in [-0.25, -0.2) is 0 Å². The summed E-state index contributed by atoms with van der Waals surface area (Å²) in [4.78, 5) is 7.10. The number of hydrogen-bond acceptors (Lipinski definition) is 6. The average Bonchev–Trinajstić information content (AvgIpc) is 3.37. The van der Waals surface area contributed by atoms with Gasteiger partial charge in [0.05, 0.1) is 17.1 Å². The van der Waals surface area contributed by atoms with E-state index < -0.39 is 0 Å². The SMILES string of the molecule is Cc1cccnc1CN1C[C@H]2C[C@@H](Oc3ccc(-c4cn(C)nc4C)nn3)C[C@H]2C1. The molecule has 3 aromatic heterocycles. The maximum atomic E-state index is 6.19. The van der Waals surface area contributed by atoms with Gasteiger partial charge in [0, 0.05) is 50.7 Å². The molecule has 5 rings (SSSR count). The number of nitrogens with zero attached hydrogens (tertiary/aromatic N) is 6. The average molecular weight is 405 g/mol. The Morgan fingerprint density at radius 3 is 2.50 bits per heavy atom. The Balaban J connectivity index is 1.16. The molecular formula is C23H28N6O. The first-order chi connectivity index (χ1) is 14.5. The Labute approximate surface area is 177 Å². The third kappa shape index (κ3) is 3.81. The van der Waals surface area contributed by atoms with Crippen LogP contribution in [0.2, 0.25) is 0 Å². The fraction of sp³-hybridized carbons (Fsp3) is 0.478. The maximum absolute atomic E-state index is 6.19. The first-order valence-corrected chi connectivity index (χ1v) is 10.7. The van der Waals surface area contributed by atoms with Gasteiger partial charge in [0.1, 0.15) is 6.10 Å². The maximum Gasteiger partial charge on any atom is 0.233 e. The molecule has 0 amide bonds. The molecule has 7 heteroatoms. The Hall–Kier alpha value is -2.80. The van der Waals surface area contributed by atoms with Gasteiger partial charge in [-0.05, 0) is 56.2 Å². The van der Waals surface area contributed by atoms with E-state index in [0.717, 1.165) is 49.4 Å². The number of ether oxygens (including phenoxy) is 1. The summed E-state index contributed by atoms with van der Waals surface area (Å²) < 4.78 is 7.98. The molecule has 2 aliphatic rings. The molecule has 2 fully saturated rings. The highest BCUT2D eigenvalue weighted by Crippen LogP contribution is 2.40. The van der Waals surface area contributed by atoms with Gasteiger partial charge in [0.15, 0.2) is 0 Å². The fourth-order valence-electron chi connectivity index (χ4n) is 5.01. The van der Waals surface area contributed by atoms with E-state index in [9.17, 15) is 0 Å². The molecule has 1 saturated carbocycles. The highest BCUT2D eigenvalue weighted by Gasteiger charge is 2.42. The molecule has 4 heterocycles. The molecule has 1 saturated heterocycles. The molecule has 0 unspecified atom stereocenters. The number of pyridine rings is 1. The lowest BCUT2D eigenvalue weighted by Gasteiger charge is -2.19. The fourth-order valence-corrected chi connectivity index (χ4v) is 5.01. The summed E-state index contributed by atoms with van der Waals surface area (Å²) in [6.07, 6.45) is 6.28. The normalized spacial score (nSPS) is 23.6. The van der Waals surface area contributed by atoms with E-state index in [-0.39, 0.29) is 6.10 Å². The van der Waals surface area contributed by atoms with Crippen LogP contribution in [0, 0.1) is 25.7 Å². The number of fused-ring (bicyclic) bond motifs is 1. The molecule has 0 radical (unpaired) electrons. The van der Waals surface area contributed by atoms with E-state index in [1.165, 1.54) is 11.3 Å². The first-order valence-electron chi connectivity index (χ1n) is 10.7. The van der Waals surface area contributed by atoms with Crippen LogP contribution in [0.1, 0.15) is 29.8 Å². The molecule has 1 aliphatic heterocycles. The van der Waals surface area contributed by atoms with Crippen molar-refractivity contribution in [2.75, 3.05) is 13.1 Å². The lowest BCUT2D eigenvalue weighted by Crippen LogP contribution is -2.25. The molecule has 1 aliphatic carbocycles. The van der Waals surface area contributed by atoms with E-state index in [1.807, 2.05) is 44.6 Å². The predicted octanol–water partition coefficient (Wildman–Crippen LogP) is 3.18. The van der Waals surface area contributed by atoms with E-state index in [2.05, 4.69) is 38.2 Å². The molecule has 0 N–H and O–H groups in total. The van der Waals surface area contributed by atoms with Crippen molar-refractivity contribution in [2.24, 2.45) is 18.9 Å². The summed E-state index contributed by atoms with van der Waals surface area (Å²) in [6.45, 7) is 7.34. The van der Waals surface area contributed by atoms with Gasteiger partial charge in [-0.2, -0.15) is 5.10 Å². The number of rotatable bonds is 5. The van der Waals surface area contributed by atoms with Crippen molar-refractivity contribution in [2.45, 2.75) is 39.3 Å². The van der Waals surface area contributed by atoms with Gasteiger partial charge < -0.3 is 4.74 Å². The molecule has 3 aromatic rings. The van der Waals surface area contributed by atoms with Gasteiger partial charge >= 0.3 is 0 Å². The third-order valence-electron chi connectivity index (χ3n) is 6.49. The zero-order valence-corrected chi connectivity index (χ0v) is 17.8. The van der Waals surface area contributed by atoms with Crippen LogP contribution in [-0.4, -0.2) is 49.1 Å². The second-order valence-electron chi connectivity index (χ2n) is 8.75. The van der Waals surface area contributed by atoms with Crippen LogP contribution >= 0.6 is 0 Å². The monoisotopic (exact) mass is 404 g/mol. The highest BCUT2D eigenvalue weighted by atomic mass is 16.5. The van der Waals surface area contributed by atoms with Gasteiger partial charge in [-0.3, -0.25) is 14.6 Å². The zero-order chi connectivity index (χ0) is 20.7. The molecule has 7 nitrogen and oxygen atoms in total. The Morgan fingerprint density at radius 1 is 1.07 bits per heavy atom. The molecule has 3 atom stereocenters. The van der Waals surface area contributed by atoms with Crippen molar-refractivity contribution in [3.05, 3.63) is 53.6 Å². The van der Waals surface area contributed by atoms with E-state index >= 15 is 0 Å². The van der Waals surface area contributed by atoms with Crippen molar-refractivity contribution in [1.82, 2.24) is 29.9 Å². The van der Waals surface area contributed by atoms with Gasteiger partial charge in [-0.1, -0.05) is 6.07 Å². The molecule has 0 bridgehead atoms. The minimum absolute atomic E-state index is 0.235. The summed E-state index contributed by atoms with van der Waals surface area (Å²) in [5, 5.41) is 13.0. The number of hydrogen-bond donors (Lipinski definition) is 0. The van der Waals surface area contributed by atoms with Crippen LogP contribution in [-0.2, 0) is 13.6 Å². The van der Waals surface area contributed by atoms with Crippen LogP contribution < -0.4 is 4.74 Å². The van der Waals surface area contributed by atoms with Gasteiger partial charge in [-0.15, -0.1) is 10.2 Å². The number of aromatic nitrogens is 5. The van der Waals surface area contributed by atoms with Crippen molar-refractivity contribution in [3.8, 4) is 17.1 Å². The molecule has 0 aromatic carbocycles. The van der Waals surface area contributed by atoms with E-state index in [1.54, 1.807) is 4.68 Å². The van der Waals surface area contributed by atoms with Crippen molar-refractivity contribution in [3.63, 3.8) is 0 Å². The Morgan fingerprint density at radius 2 is 1.87 bits per heavy atom. The van der Waals surface area contributed by atoms with E-state index in [0.29, 0.717) is 17.7 Å². The standard InChI is InChI=1S/C23H28N6O/c1-15-5-4-8-24-22(15)14-29-11-17-9-19(10-18(17)12-29)30-23-7-6-21(25-26-23)20-13-28(3)27-16(20)2/h4-8,13,17-19H,9-12,14H2,1-3H3/t17-,18+,19-. The first kappa shape index (κ1) is 19.2. The minimum atomic E-state index is 0.235. The van der Waals surface area contributed by atoms with Crippen LogP contribution in [0.5, 0.6) is 5.88 Å². The number of likely N-dealkylation sites (tertiary alicyclic amines) is 1. The summed E-state index contributed by atoms with van der Waals surface area (Å²) in [5.41, 5.74) is 5.27. The van der Waals surface area contributed by atoms with Crippen LogP contribution in [0.15, 0.2) is 36.7 Å². The lowest BCUT2D eigenvalue weighted by molar-refractivity contribution is 0.176. The topological polar surface area (TPSA) is 69.0 Å². The van der Waals surface area contributed by atoms with Crippen LogP contribution in [0.25, 0.3) is 11.3 Å². The Kier molecular flexibility index (Phi) is 4.98. The molecule has 156 valence electrons. The summed E-state index contributed by atoms with van der Waals surface area (Å²) in [6, 6.07) is 8.05. The second-order valence-corrected chi connectivity index (χ2v) is 8.75. The summed E-state index contributed by atoms with van der Waals surface area (Å²) >= 11 is 0. The molecular weight excluding hydrogens is 376 g/mol. The largest absolute Gasteiger partial charge is 0.473 e. The zero-order valence-electron chi connectivity index (χ0n) is 17.8. The lowest BCUT2D eigenvalue weighted by atomic mass is 10.0. The van der Waals surface area contributed by atoms with Crippen molar-refractivity contribution >= 4 is 0 Å². The van der Waals surface area contributed by atoms with Gasteiger partial charge in [0.2, 0.25) is 5.88 Å². The van der Waals surface area contributed by atoms with Crippen LogP contribution in [0.4, 0.5) is 0 Å².